The molecule has 0 radical (unpaired) electrons. The number of Topliss-reactive ketones (excluding diaryl/α,β-unsaturated/α-hetero) is 1. The third kappa shape index (κ3) is 1.16. The normalized spacial score (nSPS) is 48.2. The van der Waals surface area contributed by atoms with Crippen LogP contribution in [0.3, 0.4) is 0 Å². The van der Waals surface area contributed by atoms with Gasteiger partial charge in [-0.1, -0.05) is 27.7 Å². The molecule has 1 heteroatoms. The first kappa shape index (κ1) is 9.23. The lowest BCUT2D eigenvalue weighted by Crippen LogP contribution is -2.25. The van der Waals surface area contributed by atoms with Gasteiger partial charge in [-0.2, -0.15) is 0 Å². The maximum Gasteiger partial charge on any atom is 0.134 e. The predicted molar refractivity (Wildman–Crippen MR) is 53.5 cm³/mol. The molecule has 0 N–H and O–H groups in total. The number of fused-ring (bicyclic) bond motifs is 1. The molecule has 0 spiro atoms. The van der Waals surface area contributed by atoms with E-state index in [0.717, 1.165) is 12.8 Å². The highest BCUT2D eigenvalue weighted by molar-refractivity contribution is 5.83. The third-order valence-electron chi connectivity index (χ3n) is 4.37. The zero-order valence-corrected chi connectivity index (χ0v) is 9.24. The van der Waals surface area contributed by atoms with Crippen LogP contribution in [0.25, 0.3) is 0 Å². The summed E-state index contributed by atoms with van der Waals surface area (Å²) in [7, 11) is 0. The molecule has 0 aromatic rings. The van der Waals surface area contributed by atoms with E-state index in [-0.39, 0.29) is 0 Å². The average Bonchev–Trinajstić information content (AvgIpc) is 2.04. The lowest BCUT2D eigenvalue weighted by atomic mass is 9.71. The van der Waals surface area contributed by atoms with Crippen molar-refractivity contribution in [3.8, 4) is 0 Å². The highest BCUT2D eigenvalue weighted by atomic mass is 16.1. The molecule has 0 saturated heterocycles. The lowest BCUT2D eigenvalue weighted by molar-refractivity contribution is -0.118. The number of rotatable bonds is 0. The van der Waals surface area contributed by atoms with Gasteiger partial charge in [0.05, 0.1) is 0 Å². The quantitative estimate of drug-likeness (QED) is 0.559. The number of carbonyl (C=O) groups excluding carboxylic acids is 1. The summed E-state index contributed by atoms with van der Waals surface area (Å²) in [6.45, 7) is 9.30. The highest BCUT2D eigenvalue weighted by Gasteiger charge is 2.60. The summed E-state index contributed by atoms with van der Waals surface area (Å²) < 4.78 is 0. The molecule has 13 heavy (non-hydrogen) atoms. The van der Waals surface area contributed by atoms with Crippen molar-refractivity contribution in [3.05, 3.63) is 0 Å². The molecule has 0 heterocycles. The van der Waals surface area contributed by atoms with E-state index in [1.54, 1.807) is 0 Å². The average molecular weight is 180 g/mol. The van der Waals surface area contributed by atoms with Gasteiger partial charge in [-0.05, 0) is 29.1 Å². The molecule has 2 aliphatic carbocycles. The summed E-state index contributed by atoms with van der Waals surface area (Å²) in [6.07, 6.45) is 4.10. The minimum atomic E-state index is 0.299. The standard InChI is InChI=1S/C12H20O/c1-10(2)7-11(3)5-9(13)6-12(11,4)8-10/h5-8H2,1-4H3. The van der Waals surface area contributed by atoms with Gasteiger partial charge in [-0.15, -0.1) is 0 Å². The topological polar surface area (TPSA) is 17.1 Å². The minimum Gasteiger partial charge on any atom is -0.300 e. The van der Waals surface area contributed by atoms with Crippen LogP contribution in [0, 0.1) is 16.2 Å². The van der Waals surface area contributed by atoms with Crippen molar-refractivity contribution in [2.45, 2.75) is 53.4 Å². The van der Waals surface area contributed by atoms with Gasteiger partial charge >= 0.3 is 0 Å². The Balaban J connectivity index is 2.36. The molecular weight excluding hydrogens is 160 g/mol. The second kappa shape index (κ2) is 2.18. The van der Waals surface area contributed by atoms with Gasteiger partial charge in [-0.3, -0.25) is 4.79 Å². The Morgan fingerprint density at radius 1 is 0.923 bits per heavy atom. The van der Waals surface area contributed by atoms with E-state index in [2.05, 4.69) is 27.7 Å². The van der Waals surface area contributed by atoms with Crippen molar-refractivity contribution in [1.82, 2.24) is 0 Å². The van der Waals surface area contributed by atoms with Gasteiger partial charge in [0.2, 0.25) is 0 Å². The molecule has 0 aliphatic heterocycles. The van der Waals surface area contributed by atoms with Crippen LogP contribution in [0.5, 0.6) is 0 Å². The first-order chi connectivity index (χ1) is 5.77. The fourth-order valence-corrected chi connectivity index (χ4v) is 4.09. The zero-order chi connectivity index (χ0) is 9.91. The third-order valence-corrected chi connectivity index (χ3v) is 4.37. The minimum absolute atomic E-state index is 0.299. The van der Waals surface area contributed by atoms with E-state index >= 15 is 0 Å². The van der Waals surface area contributed by atoms with Gasteiger partial charge < -0.3 is 0 Å². The molecule has 0 amide bonds. The van der Waals surface area contributed by atoms with Gasteiger partial charge in [0.1, 0.15) is 5.78 Å². The maximum atomic E-state index is 11.5. The van der Waals surface area contributed by atoms with Gasteiger partial charge in [0.25, 0.3) is 0 Å². The smallest absolute Gasteiger partial charge is 0.134 e. The molecular formula is C12H20O. The van der Waals surface area contributed by atoms with Crippen LogP contribution in [0.4, 0.5) is 0 Å². The molecule has 0 aromatic carbocycles. The maximum absolute atomic E-state index is 11.5. The molecule has 2 aliphatic rings. The summed E-state index contributed by atoms with van der Waals surface area (Å²) in [5.74, 6) is 0.487. The molecule has 2 fully saturated rings. The summed E-state index contributed by atoms with van der Waals surface area (Å²) in [5.41, 5.74) is 1.05. The molecule has 2 saturated carbocycles. The SMILES string of the molecule is CC1(C)CC2(C)CC(=O)CC2(C)C1. The van der Waals surface area contributed by atoms with E-state index in [0.29, 0.717) is 22.0 Å². The van der Waals surface area contributed by atoms with Crippen molar-refractivity contribution >= 4 is 5.78 Å². The lowest BCUT2D eigenvalue weighted by Gasteiger charge is -2.32. The fraction of sp³-hybridized carbons (Fsp3) is 0.917. The molecule has 0 bridgehead atoms. The van der Waals surface area contributed by atoms with E-state index in [4.69, 9.17) is 0 Å². The van der Waals surface area contributed by atoms with Crippen LogP contribution in [-0.2, 0) is 4.79 Å². The Labute approximate surface area is 80.9 Å². The van der Waals surface area contributed by atoms with Crippen molar-refractivity contribution in [2.75, 3.05) is 0 Å². The number of hydrogen-bond acceptors (Lipinski definition) is 1. The van der Waals surface area contributed by atoms with Gasteiger partial charge in [0.15, 0.2) is 0 Å². The summed E-state index contributed by atoms with van der Waals surface area (Å²) >= 11 is 0. The molecule has 1 nitrogen and oxygen atoms in total. The Kier molecular flexibility index (Phi) is 1.55. The number of hydrogen-bond donors (Lipinski definition) is 0. The highest BCUT2D eigenvalue weighted by Crippen LogP contribution is 2.66. The van der Waals surface area contributed by atoms with Crippen LogP contribution >= 0.6 is 0 Å². The van der Waals surface area contributed by atoms with Crippen molar-refractivity contribution < 1.29 is 4.79 Å². The van der Waals surface area contributed by atoms with Crippen molar-refractivity contribution in [3.63, 3.8) is 0 Å². The van der Waals surface area contributed by atoms with E-state index in [9.17, 15) is 4.79 Å². The number of carbonyl (C=O) groups is 1. The largest absolute Gasteiger partial charge is 0.300 e. The van der Waals surface area contributed by atoms with Crippen LogP contribution in [-0.4, -0.2) is 5.78 Å². The van der Waals surface area contributed by atoms with Crippen LogP contribution in [0.15, 0.2) is 0 Å². The van der Waals surface area contributed by atoms with E-state index < -0.39 is 0 Å². The molecule has 2 unspecified atom stereocenters. The second-order valence-electron chi connectivity index (χ2n) is 6.53. The zero-order valence-electron chi connectivity index (χ0n) is 9.24. The first-order valence-electron chi connectivity index (χ1n) is 5.28. The van der Waals surface area contributed by atoms with Gasteiger partial charge in [0, 0.05) is 12.8 Å². The Bertz CT molecular complexity index is 242. The van der Waals surface area contributed by atoms with Gasteiger partial charge in [-0.25, -0.2) is 0 Å². The second-order valence-corrected chi connectivity index (χ2v) is 6.53. The molecule has 2 atom stereocenters. The molecule has 2 rings (SSSR count). The Morgan fingerprint density at radius 3 is 1.69 bits per heavy atom. The summed E-state index contributed by atoms with van der Waals surface area (Å²) in [4.78, 5) is 11.5. The predicted octanol–water partition coefficient (Wildman–Crippen LogP) is 3.18. The van der Waals surface area contributed by atoms with E-state index in [1.165, 1.54) is 12.8 Å². The summed E-state index contributed by atoms with van der Waals surface area (Å²) in [6, 6.07) is 0. The van der Waals surface area contributed by atoms with Crippen molar-refractivity contribution in [1.29, 1.82) is 0 Å². The Morgan fingerprint density at radius 2 is 1.31 bits per heavy atom. The van der Waals surface area contributed by atoms with E-state index in [1.807, 2.05) is 0 Å². The fourth-order valence-electron chi connectivity index (χ4n) is 4.09. The monoisotopic (exact) mass is 180 g/mol. The molecule has 0 aromatic heterocycles. The Hall–Kier alpha value is -0.330. The van der Waals surface area contributed by atoms with Crippen molar-refractivity contribution in [2.24, 2.45) is 16.2 Å². The molecule has 74 valence electrons. The van der Waals surface area contributed by atoms with Crippen LogP contribution in [0.1, 0.15) is 53.4 Å². The number of ketones is 1. The first-order valence-corrected chi connectivity index (χ1v) is 5.28. The van der Waals surface area contributed by atoms with Crippen LogP contribution < -0.4 is 0 Å². The van der Waals surface area contributed by atoms with Crippen LogP contribution in [0.2, 0.25) is 0 Å². The summed E-state index contributed by atoms with van der Waals surface area (Å²) in [5, 5.41) is 0.